The number of carbonyl (C=O) groups is 1. The fourth-order valence-corrected chi connectivity index (χ4v) is 3.77. The predicted molar refractivity (Wildman–Crippen MR) is 104 cm³/mol. The van der Waals surface area contributed by atoms with Crippen LogP contribution in [0.5, 0.6) is 0 Å². The smallest absolute Gasteiger partial charge is 0.239 e. The molecule has 2 saturated heterocycles. The van der Waals surface area contributed by atoms with Gasteiger partial charge in [-0.1, -0.05) is 0 Å². The number of rotatable bonds is 4. The molecule has 1 N–H and O–H groups in total. The van der Waals surface area contributed by atoms with E-state index in [4.69, 9.17) is 0 Å². The molecule has 27 heavy (non-hydrogen) atoms. The van der Waals surface area contributed by atoms with E-state index in [-0.39, 0.29) is 11.9 Å². The van der Waals surface area contributed by atoms with Gasteiger partial charge < -0.3 is 19.7 Å². The molecule has 1 amide bonds. The van der Waals surface area contributed by atoms with Crippen LogP contribution in [0, 0.1) is 6.92 Å². The second kappa shape index (κ2) is 8.69. The molecule has 1 aromatic rings. The molecule has 0 spiro atoms. The van der Waals surface area contributed by atoms with Crippen molar-refractivity contribution in [3.05, 3.63) is 11.6 Å². The lowest BCUT2D eigenvalue weighted by molar-refractivity contribution is -0.135. The first-order valence-corrected chi connectivity index (χ1v) is 9.84. The van der Waals surface area contributed by atoms with Gasteiger partial charge in [0, 0.05) is 53.4 Å². The zero-order valence-corrected chi connectivity index (χ0v) is 17.0. The van der Waals surface area contributed by atoms with Crippen LogP contribution >= 0.6 is 0 Å². The predicted octanol–water partition coefficient (Wildman–Crippen LogP) is -0.173. The van der Waals surface area contributed by atoms with Gasteiger partial charge in [-0.15, -0.1) is 10.2 Å². The molecule has 9 nitrogen and oxygen atoms in total. The Morgan fingerprint density at radius 1 is 1.11 bits per heavy atom. The Morgan fingerprint density at radius 3 is 2.33 bits per heavy atom. The minimum Gasteiger partial charge on any atom is -0.349 e. The largest absolute Gasteiger partial charge is 0.349 e. The standard InChI is InChI=1S/C18H32N8O/c1-14(17(27)25-7-5-6-8-25)24-9-11-26(12-10-24)18(19-3)20-13-16-22-21-15(2)23(16)4/h14H,5-13H2,1-4H3,(H,19,20). The summed E-state index contributed by atoms with van der Waals surface area (Å²) in [5.74, 6) is 2.93. The fourth-order valence-electron chi connectivity index (χ4n) is 3.77. The summed E-state index contributed by atoms with van der Waals surface area (Å²) in [6.07, 6.45) is 2.28. The molecule has 9 heteroatoms. The summed E-state index contributed by atoms with van der Waals surface area (Å²) < 4.78 is 1.98. The Kier molecular flexibility index (Phi) is 6.30. The lowest BCUT2D eigenvalue weighted by Crippen LogP contribution is -2.57. The van der Waals surface area contributed by atoms with Crippen molar-refractivity contribution < 1.29 is 4.79 Å². The highest BCUT2D eigenvalue weighted by Crippen LogP contribution is 2.14. The van der Waals surface area contributed by atoms with Gasteiger partial charge in [-0.2, -0.15) is 0 Å². The Labute approximate surface area is 161 Å². The lowest BCUT2D eigenvalue weighted by Gasteiger charge is -2.39. The number of hydrogen-bond donors (Lipinski definition) is 1. The number of nitrogens with zero attached hydrogens (tertiary/aromatic N) is 7. The van der Waals surface area contributed by atoms with Crippen molar-refractivity contribution in [1.82, 2.24) is 34.8 Å². The van der Waals surface area contributed by atoms with Crippen molar-refractivity contribution in [3.63, 3.8) is 0 Å². The van der Waals surface area contributed by atoms with E-state index in [1.807, 2.05) is 30.4 Å². The number of piperazine rings is 1. The molecule has 2 aliphatic rings. The molecule has 1 atom stereocenters. The Morgan fingerprint density at radius 2 is 1.78 bits per heavy atom. The van der Waals surface area contributed by atoms with Gasteiger partial charge in [0.2, 0.25) is 5.91 Å². The molecular formula is C18H32N8O. The van der Waals surface area contributed by atoms with Gasteiger partial charge in [-0.05, 0) is 26.7 Å². The average molecular weight is 377 g/mol. The summed E-state index contributed by atoms with van der Waals surface area (Å²) in [6.45, 7) is 9.85. The Balaban J connectivity index is 1.49. The molecule has 0 radical (unpaired) electrons. The summed E-state index contributed by atoms with van der Waals surface area (Å²) >= 11 is 0. The zero-order valence-electron chi connectivity index (χ0n) is 17.0. The third-order valence-electron chi connectivity index (χ3n) is 5.74. The third-order valence-corrected chi connectivity index (χ3v) is 5.74. The van der Waals surface area contributed by atoms with Crippen LogP contribution in [0.2, 0.25) is 0 Å². The number of hydrogen-bond acceptors (Lipinski definition) is 5. The van der Waals surface area contributed by atoms with Crippen LogP contribution in [-0.4, -0.2) is 93.7 Å². The van der Waals surface area contributed by atoms with Gasteiger partial charge in [0.15, 0.2) is 11.8 Å². The molecule has 150 valence electrons. The molecule has 0 aliphatic carbocycles. The maximum Gasteiger partial charge on any atom is 0.239 e. The van der Waals surface area contributed by atoms with Gasteiger partial charge in [0.1, 0.15) is 5.82 Å². The highest BCUT2D eigenvalue weighted by atomic mass is 16.2. The van der Waals surface area contributed by atoms with E-state index in [0.29, 0.717) is 6.54 Å². The first-order chi connectivity index (χ1) is 13.0. The van der Waals surface area contributed by atoms with Gasteiger partial charge in [0.05, 0.1) is 12.6 Å². The van der Waals surface area contributed by atoms with Gasteiger partial charge in [-0.3, -0.25) is 14.7 Å². The Bertz CT molecular complexity index is 671. The van der Waals surface area contributed by atoms with E-state index in [9.17, 15) is 4.79 Å². The van der Waals surface area contributed by atoms with Crippen LogP contribution in [0.25, 0.3) is 0 Å². The van der Waals surface area contributed by atoms with Crippen molar-refractivity contribution in [3.8, 4) is 0 Å². The zero-order chi connectivity index (χ0) is 19.4. The number of aliphatic imine (C=N–C) groups is 1. The highest BCUT2D eigenvalue weighted by Gasteiger charge is 2.30. The summed E-state index contributed by atoms with van der Waals surface area (Å²) in [5, 5.41) is 11.7. The lowest BCUT2D eigenvalue weighted by atomic mass is 10.2. The first kappa shape index (κ1) is 19.6. The molecule has 3 rings (SSSR count). The van der Waals surface area contributed by atoms with E-state index in [1.54, 1.807) is 7.05 Å². The van der Waals surface area contributed by atoms with Crippen LogP contribution < -0.4 is 5.32 Å². The van der Waals surface area contributed by atoms with Crippen molar-refractivity contribution >= 4 is 11.9 Å². The van der Waals surface area contributed by atoms with Crippen molar-refractivity contribution in [2.45, 2.75) is 39.3 Å². The average Bonchev–Trinajstić information content (AvgIpc) is 3.33. The number of aryl methyl sites for hydroxylation is 1. The second-order valence-electron chi connectivity index (χ2n) is 7.35. The number of amides is 1. The maximum atomic E-state index is 12.6. The molecule has 2 aliphatic heterocycles. The minimum absolute atomic E-state index is 0.0400. The van der Waals surface area contributed by atoms with Gasteiger partial charge >= 0.3 is 0 Å². The summed E-state index contributed by atoms with van der Waals surface area (Å²) in [4.78, 5) is 23.6. The molecule has 2 fully saturated rings. The van der Waals surface area contributed by atoms with Crippen LogP contribution in [0.3, 0.4) is 0 Å². The topological polar surface area (TPSA) is 81.9 Å². The number of likely N-dealkylation sites (tertiary alicyclic amines) is 1. The molecule has 0 saturated carbocycles. The normalized spacial score (nSPS) is 20.2. The van der Waals surface area contributed by atoms with E-state index in [0.717, 1.165) is 69.7 Å². The third kappa shape index (κ3) is 4.40. The summed E-state index contributed by atoms with van der Waals surface area (Å²) in [6, 6.07) is -0.0400. The van der Waals surface area contributed by atoms with Crippen LogP contribution in [0.1, 0.15) is 31.4 Å². The summed E-state index contributed by atoms with van der Waals surface area (Å²) in [5.41, 5.74) is 0. The van der Waals surface area contributed by atoms with E-state index in [1.165, 1.54) is 0 Å². The van der Waals surface area contributed by atoms with Crippen LogP contribution in [-0.2, 0) is 18.4 Å². The molecule has 0 aromatic carbocycles. The number of guanidine groups is 1. The fraction of sp³-hybridized carbons (Fsp3) is 0.778. The number of nitrogens with one attached hydrogen (secondary N) is 1. The van der Waals surface area contributed by atoms with Crippen LogP contribution in [0.15, 0.2) is 4.99 Å². The highest BCUT2D eigenvalue weighted by molar-refractivity contribution is 5.82. The first-order valence-electron chi connectivity index (χ1n) is 9.84. The Hall–Kier alpha value is -2.16. The molecule has 1 aromatic heterocycles. The van der Waals surface area contributed by atoms with Crippen molar-refractivity contribution in [2.75, 3.05) is 46.3 Å². The van der Waals surface area contributed by atoms with E-state index in [2.05, 4.69) is 30.3 Å². The van der Waals surface area contributed by atoms with Gasteiger partial charge in [-0.25, -0.2) is 0 Å². The molecule has 1 unspecified atom stereocenters. The van der Waals surface area contributed by atoms with Crippen LogP contribution in [0.4, 0.5) is 0 Å². The van der Waals surface area contributed by atoms with Crippen molar-refractivity contribution in [1.29, 1.82) is 0 Å². The SMILES string of the molecule is CN=C(NCc1nnc(C)n1C)N1CCN(C(C)C(=O)N2CCCC2)CC1. The summed E-state index contributed by atoms with van der Waals surface area (Å²) in [7, 11) is 3.77. The van der Waals surface area contributed by atoms with Crippen molar-refractivity contribution in [2.24, 2.45) is 12.0 Å². The molecular weight excluding hydrogens is 344 g/mol. The quantitative estimate of drug-likeness (QED) is 0.580. The second-order valence-corrected chi connectivity index (χ2v) is 7.35. The number of aromatic nitrogens is 3. The molecule has 0 bridgehead atoms. The van der Waals surface area contributed by atoms with Gasteiger partial charge in [0.25, 0.3) is 0 Å². The monoisotopic (exact) mass is 376 g/mol. The van der Waals surface area contributed by atoms with E-state index >= 15 is 0 Å². The molecule has 3 heterocycles. The maximum absolute atomic E-state index is 12.6. The van der Waals surface area contributed by atoms with E-state index < -0.39 is 0 Å². The minimum atomic E-state index is -0.0400. The number of carbonyl (C=O) groups excluding carboxylic acids is 1.